The lowest BCUT2D eigenvalue weighted by atomic mass is 9.84. The van der Waals surface area contributed by atoms with E-state index in [0.717, 1.165) is 23.2 Å². The van der Waals surface area contributed by atoms with Crippen LogP contribution in [0.5, 0.6) is 0 Å². The van der Waals surface area contributed by atoms with Gasteiger partial charge in [-0.05, 0) is 43.5 Å². The van der Waals surface area contributed by atoms with E-state index in [1.807, 2.05) is 48.5 Å². The molecule has 5 heteroatoms. The Morgan fingerprint density at radius 1 is 0.963 bits per heavy atom. The van der Waals surface area contributed by atoms with E-state index in [-0.39, 0.29) is 13.2 Å². The number of benzene rings is 2. The van der Waals surface area contributed by atoms with Crippen molar-refractivity contribution >= 4 is 17.6 Å². The summed E-state index contributed by atoms with van der Waals surface area (Å²) >= 11 is 0. The third-order valence-corrected chi connectivity index (χ3v) is 4.82. The Kier molecular flexibility index (Phi) is 6.12. The van der Waals surface area contributed by atoms with Gasteiger partial charge in [0.25, 0.3) is 0 Å². The predicted molar refractivity (Wildman–Crippen MR) is 103 cm³/mol. The van der Waals surface area contributed by atoms with Crippen LogP contribution in [0.3, 0.4) is 0 Å². The molecule has 3 rings (SSSR count). The Balaban J connectivity index is 2.10. The Morgan fingerprint density at radius 2 is 1.56 bits per heavy atom. The molecule has 0 saturated heterocycles. The third kappa shape index (κ3) is 3.97. The molecule has 5 nitrogen and oxygen atoms in total. The highest BCUT2D eigenvalue weighted by molar-refractivity contribution is 5.96. The fraction of sp³-hybridized carbons (Fsp3) is 0.364. The molecular formula is C22H25NO4. The average molecular weight is 367 g/mol. The van der Waals surface area contributed by atoms with Crippen LogP contribution in [0, 0.1) is 5.92 Å². The van der Waals surface area contributed by atoms with E-state index in [9.17, 15) is 9.59 Å². The Hall–Kier alpha value is -2.82. The molecule has 1 aliphatic rings. The van der Waals surface area contributed by atoms with Crippen molar-refractivity contribution in [2.75, 3.05) is 24.7 Å². The molecule has 0 fully saturated rings. The van der Waals surface area contributed by atoms with E-state index in [0.29, 0.717) is 6.54 Å². The van der Waals surface area contributed by atoms with E-state index < -0.39 is 23.9 Å². The number of para-hydroxylation sites is 1. The molecule has 0 amide bonds. The molecule has 0 bridgehead atoms. The SMILES string of the molecule is CCOC(=O)C(C(=O)OCC)C1c2ccccc2CCN1c1ccccc1. The van der Waals surface area contributed by atoms with Gasteiger partial charge in [0.05, 0.1) is 19.3 Å². The van der Waals surface area contributed by atoms with Crippen LogP contribution in [0.1, 0.15) is 31.0 Å². The summed E-state index contributed by atoms with van der Waals surface area (Å²) in [6.45, 7) is 4.62. The number of hydrogen-bond acceptors (Lipinski definition) is 5. The third-order valence-electron chi connectivity index (χ3n) is 4.82. The number of carbonyl (C=O) groups is 2. The van der Waals surface area contributed by atoms with Crippen LogP contribution in [0.4, 0.5) is 5.69 Å². The highest BCUT2D eigenvalue weighted by atomic mass is 16.6. The summed E-state index contributed by atoms with van der Waals surface area (Å²) < 4.78 is 10.5. The smallest absolute Gasteiger partial charge is 0.322 e. The van der Waals surface area contributed by atoms with Crippen LogP contribution in [-0.4, -0.2) is 31.7 Å². The van der Waals surface area contributed by atoms with Crippen molar-refractivity contribution in [3.8, 4) is 0 Å². The minimum absolute atomic E-state index is 0.217. The van der Waals surface area contributed by atoms with Crippen LogP contribution >= 0.6 is 0 Å². The maximum absolute atomic E-state index is 12.8. The number of hydrogen-bond donors (Lipinski definition) is 0. The van der Waals surface area contributed by atoms with Crippen molar-refractivity contribution in [2.45, 2.75) is 26.3 Å². The number of nitrogens with zero attached hydrogens (tertiary/aromatic N) is 1. The zero-order valence-electron chi connectivity index (χ0n) is 15.8. The van der Waals surface area contributed by atoms with Crippen molar-refractivity contribution in [1.29, 1.82) is 0 Å². The molecule has 27 heavy (non-hydrogen) atoms. The molecule has 2 aromatic rings. The molecule has 1 heterocycles. The summed E-state index contributed by atoms with van der Waals surface area (Å²) in [6, 6.07) is 17.3. The van der Waals surface area contributed by atoms with Gasteiger partial charge < -0.3 is 14.4 Å². The molecule has 1 unspecified atom stereocenters. The van der Waals surface area contributed by atoms with Crippen LogP contribution in [0.2, 0.25) is 0 Å². The van der Waals surface area contributed by atoms with Crippen LogP contribution in [0.15, 0.2) is 54.6 Å². The lowest BCUT2D eigenvalue weighted by molar-refractivity contribution is -0.162. The second-order valence-electron chi connectivity index (χ2n) is 6.40. The lowest BCUT2D eigenvalue weighted by Gasteiger charge is -2.41. The van der Waals surface area contributed by atoms with Gasteiger partial charge in [0.15, 0.2) is 5.92 Å². The largest absolute Gasteiger partial charge is 0.465 e. The molecule has 0 spiro atoms. The minimum atomic E-state index is -1.04. The average Bonchev–Trinajstić information content (AvgIpc) is 2.69. The van der Waals surface area contributed by atoms with Crippen LogP contribution in [-0.2, 0) is 25.5 Å². The van der Waals surface area contributed by atoms with Crippen molar-refractivity contribution in [3.05, 3.63) is 65.7 Å². The number of anilines is 1. The Morgan fingerprint density at radius 3 is 2.19 bits per heavy atom. The highest BCUT2D eigenvalue weighted by Gasteiger charge is 2.44. The van der Waals surface area contributed by atoms with E-state index in [4.69, 9.17) is 9.47 Å². The van der Waals surface area contributed by atoms with Crippen molar-refractivity contribution in [3.63, 3.8) is 0 Å². The fourth-order valence-corrected chi connectivity index (χ4v) is 3.69. The van der Waals surface area contributed by atoms with E-state index in [1.54, 1.807) is 13.8 Å². The normalized spacial score (nSPS) is 16.0. The van der Waals surface area contributed by atoms with Crippen molar-refractivity contribution in [1.82, 2.24) is 0 Å². The first-order chi connectivity index (χ1) is 13.2. The molecular weight excluding hydrogens is 342 g/mol. The summed E-state index contributed by atoms with van der Waals surface area (Å²) in [4.78, 5) is 27.7. The second-order valence-corrected chi connectivity index (χ2v) is 6.40. The van der Waals surface area contributed by atoms with Crippen molar-refractivity contribution < 1.29 is 19.1 Å². The van der Waals surface area contributed by atoms with Gasteiger partial charge >= 0.3 is 11.9 Å². The van der Waals surface area contributed by atoms with Gasteiger partial charge in [0.2, 0.25) is 0 Å². The Labute approximate surface area is 159 Å². The summed E-state index contributed by atoms with van der Waals surface area (Å²) in [5.41, 5.74) is 3.09. The number of rotatable bonds is 6. The zero-order chi connectivity index (χ0) is 19.2. The summed E-state index contributed by atoms with van der Waals surface area (Å²) in [5.74, 6) is -2.12. The minimum Gasteiger partial charge on any atom is -0.465 e. The van der Waals surface area contributed by atoms with Gasteiger partial charge in [-0.1, -0.05) is 42.5 Å². The number of esters is 2. The first-order valence-electron chi connectivity index (χ1n) is 9.40. The van der Waals surface area contributed by atoms with Gasteiger partial charge in [0.1, 0.15) is 0 Å². The van der Waals surface area contributed by atoms with E-state index in [2.05, 4.69) is 11.0 Å². The van der Waals surface area contributed by atoms with Crippen LogP contribution in [0.25, 0.3) is 0 Å². The zero-order valence-corrected chi connectivity index (χ0v) is 15.8. The molecule has 1 aliphatic heterocycles. The summed E-state index contributed by atoms with van der Waals surface area (Å²) in [6.07, 6.45) is 0.847. The van der Waals surface area contributed by atoms with Gasteiger partial charge in [-0.25, -0.2) is 0 Å². The molecule has 0 N–H and O–H groups in total. The number of ether oxygens (including phenoxy) is 2. The topological polar surface area (TPSA) is 55.8 Å². The molecule has 1 atom stereocenters. The monoisotopic (exact) mass is 367 g/mol. The lowest BCUT2D eigenvalue weighted by Crippen LogP contribution is -2.46. The van der Waals surface area contributed by atoms with Gasteiger partial charge in [-0.3, -0.25) is 9.59 Å². The maximum atomic E-state index is 12.8. The molecule has 0 radical (unpaired) electrons. The number of carbonyl (C=O) groups excluding carboxylic acids is 2. The van der Waals surface area contributed by atoms with Gasteiger partial charge in [-0.2, -0.15) is 0 Å². The standard InChI is InChI=1S/C22H25NO4/c1-3-26-21(24)19(22(25)27-4-2)20-18-13-9-8-10-16(18)14-15-23(20)17-11-6-5-7-12-17/h5-13,19-20H,3-4,14-15H2,1-2H3. The fourth-order valence-electron chi connectivity index (χ4n) is 3.69. The summed E-state index contributed by atoms with van der Waals surface area (Å²) in [7, 11) is 0. The van der Waals surface area contributed by atoms with Crippen LogP contribution < -0.4 is 4.90 Å². The Bertz CT molecular complexity index is 772. The van der Waals surface area contributed by atoms with E-state index in [1.165, 1.54) is 0 Å². The second kappa shape index (κ2) is 8.71. The quantitative estimate of drug-likeness (QED) is 0.577. The van der Waals surface area contributed by atoms with Gasteiger partial charge in [0, 0.05) is 12.2 Å². The summed E-state index contributed by atoms with van der Waals surface area (Å²) in [5, 5.41) is 0. The number of fused-ring (bicyclic) bond motifs is 1. The van der Waals surface area contributed by atoms with Gasteiger partial charge in [-0.15, -0.1) is 0 Å². The molecule has 0 saturated carbocycles. The first kappa shape index (κ1) is 19.0. The first-order valence-corrected chi connectivity index (χ1v) is 9.40. The molecule has 2 aromatic carbocycles. The molecule has 0 aliphatic carbocycles. The molecule has 0 aromatic heterocycles. The predicted octanol–water partition coefficient (Wildman–Crippen LogP) is 3.53. The van der Waals surface area contributed by atoms with E-state index >= 15 is 0 Å². The maximum Gasteiger partial charge on any atom is 0.322 e. The molecule has 142 valence electrons. The highest BCUT2D eigenvalue weighted by Crippen LogP contribution is 2.39. The van der Waals surface area contributed by atoms with Crippen molar-refractivity contribution in [2.24, 2.45) is 5.92 Å².